The van der Waals surface area contributed by atoms with E-state index in [1.54, 1.807) is 18.4 Å². The van der Waals surface area contributed by atoms with Crippen LogP contribution in [0.3, 0.4) is 0 Å². The average Bonchev–Trinajstić information content (AvgIpc) is 3.03. The molecule has 24 heavy (non-hydrogen) atoms. The van der Waals surface area contributed by atoms with Crippen LogP contribution in [-0.2, 0) is 4.79 Å². The molecular weight excluding hydrogens is 322 g/mol. The summed E-state index contributed by atoms with van der Waals surface area (Å²) in [6.07, 6.45) is 3.71. The summed E-state index contributed by atoms with van der Waals surface area (Å²) in [5.74, 6) is 0.844. The van der Waals surface area contributed by atoms with Crippen LogP contribution in [0.1, 0.15) is 35.7 Å². The normalized spacial score (nSPS) is 19.4. The van der Waals surface area contributed by atoms with E-state index in [2.05, 4.69) is 17.2 Å². The third-order valence-electron chi connectivity index (χ3n) is 4.33. The van der Waals surface area contributed by atoms with Crippen LogP contribution in [0.25, 0.3) is 0 Å². The number of amides is 1. The number of aromatic nitrogens is 1. The quantitative estimate of drug-likeness (QED) is 0.903. The molecule has 2 unspecified atom stereocenters. The molecule has 1 N–H and O–H groups in total. The molecule has 2 aromatic rings. The fourth-order valence-corrected chi connectivity index (χ4v) is 3.88. The van der Waals surface area contributed by atoms with E-state index < -0.39 is 0 Å². The predicted molar refractivity (Wildman–Crippen MR) is 96.8 cm³/mol. The summed E-state index contributed by atoms with van der Waals surface area (Å²) in [6.45, 7) is 4.81. The molecule has 0 radical (unpaired) electrons. The zero-order valence-electron chi connectivity index (χ0n) is 14.3. The van der Waals surface area contributed by atoms with Gasteiger partial charge < -0.3 is 9.64 Å². The molecule has 1 aliphatic heterocycles. The molecule has 2 heterocycles. The van der Waals surface area contributed by atoms with Crippen LogP contribution >= 0.6 is 11.3 Å². The maximum Gasteiger partial charge on any atom is 0.244 e. The van der Waals surface area contributed by atoms with Crippen molar-refractivity contribution in [1.82, 2.24) is 10.3 Å². The minimum atomic E-state index is -0.180. The third kappa shape index (κ3) is 3.44. The second kappa shape index (κ2) is 7.32. The summed E-state index contributed by atoms with van der Waals surface area (Å²) in [5.41, 5.74) is 0.845. The van der Waals surface area contributed by atoms with E-state index in [1.807, 2.05) is 42.3 Å². The number of ether oxygens (including phenoxy) is 1. The number of carbonyl (C=O) groups excluding carboxylic acids is 1. The molecule has 1 amide bonds. The van der Waals surface area contributed by atoms with Gasteiger partial charge in [-0.3, -0.25) is 10.1 Å². The van der Waals surface area contributed by atoms with Crippen molar-refractivity contribution in [2.75, 3.05) is 18.6 Å². The van der Waals surface area contributed by atoms with Crippen molar-refractivity contribution in [3.05, 3.63) is 40.3 Å². The molecule has 0 saturated carbocycles. The van der Waals surface area contributed by atoms with Crippen LogP contribution in [0, 0.1) is 6.92 Å². The standard InChI is InChI=1S/C18H23N3O2S/c1-12(17-11-19-13(2)24-17)20-14-7-6-10-21(18(14)22)15-8-4-5-9-16(15)23-3/h4-5,8-9,11-12,14,20H,6-7,10H2,1-3H3. The first-order valence-electron chi connectivity index (χ1n) is 8.23. The van der Waals surface area contributed by atoms with Crippen LogP contribution in [0.15, 0.2) is 30.5 Å². The molecule has 3 rings (SSSR count). The Morgan fingerprint density at radius 3 is 2.92 bits per heavy atom. The number of para-hydroxylation sites is 2. The highest BCUT2D eigenvalue weighted by atomic mass is 32.1. The Bertz CT molecular complexity index is 716. The van der Waals surface area contributed by atoms with Gasteiger partial charge in [-0.05, 0) is 38.8 Å². The monoisotopic (exact) mass is 345 g/mol. The Morgan fingerprint density at radius 2 is 2.21 bits per heavy atom. The lowest BCUT2D eigenvalue weighted by Crippen LogP contribution is -2.51. The first kappa shape index (κ1) is 16.9. The van der Waals surface area contributed by atoms with E-state index in [1.165, 1.54) is 0 Å². The molecule has 1 fully saturated rings. The second-order valence-corrected chi connectivity index (χ2v) is 7.29. The first-order valence-corrected chi connectivity index (χ1v) is 9.04. The van der Waals surface area contributed by atoms with Gasteiger partial charge in [0.25, 0.3) is 0 Å². The summed E-state index contributed by atoms with van der Waals surface area (Å²) in [5, 5.41) is 4.52. The third-order valence-corrected chi connectivity index (χ3v) is 5.43. The van der Waals surface area contributed by atoms with Crippen molar-refractivity contribution in [2.45, 2.75) is 38.8 Å². The minimum Gasteiger partial charge on any atom is -0.495 e. The Kier molecular flexibility index (Phi) is 5.16. The minimum absolute atomic E-state index is 0.110. The van der Waals surface area contributed by atoms with Gasteiger partial charge in [-0.25, -0.2) is 4.98 Å². The number of nitrogens with one attached hydrogen (secondary N) is 1. The summed E-state index contributed by atoms with van der Waals surface area (Å²) >= 11 is 1.67. The van der Waals surface area contributed by atoms with Crippen LogP contribution in [0.2, 0.25) is 0 Å². The number of thiazole rings is 1. The van der Waals surface area contributed by atoms with Crippen molar-refractivity contribution >= 4 is 22.9 Å². The topological polar surface area (TPSA) is 54.5 Å². The van der Waals surface area contributed by atoms with Crippen molar-refractivity contribution in [2.24, 2.45) is 0 Å². The smallest absolute Gasteiger partial charge is 0.244 e. The maximum atomic E-state index is 13.0. The number of benzene rings is 1. The number of hydrogen-bond acceptors (Lipinski definition) is 5. The highest BCUT2D eigenvalue weighted by Gasteiger charge is 2.32. The summed E-state index contributed by atoms with van der Waals surface area (Å²) in [4.78, 5) is 20.3. The maximum absolute atomic E-state index is 13.0. The van der Waals surface area contributed by atoms with Gasteiger partial charge in [-0.1, -0.05) is 12.1 Å². The second-order valence-electron chi connectivity index (χ2n) is 6.03. The molecule has 0 spiro atoms. The van der Waals surface area contributed by atoms with Crippen molar-refractivity contribution in [3.63, 3.8) is 0 Å². The summed E-state index contributed by atoms with van der Waals surface area (Å²) in [7, 11) is 1.64. The lowest BCUT2D eigenvalue weighted by molar-refractivity contribution is -0.122. The molecule has 1 aromatic heterocycles. The van der Waals surface area contributed by atoms with Crippen LogP contribution in [0.4, 0.5) is 5.69 Å². The summed E-state index contributed by atoms with van der Waals surface area (Å²) < 4.78 is 5.41. The molecule has 128 valence electrons. The fourth-order valence-electron chi connectivity index (χ4n) is 3.08. The van der Waals surface area contributed by atoms with Gasteiger partial charge in [0, 0.05) is 23.7 Å². The zero-order chi connectivity index (χ0) is 17.1. The average molecular weight is 345 g/mol. The van der Waals surface area contributed by atoms with Crippen LogP contribution < -0.4 is 15.0 Å². The molecule has 2 atom stereocenters. The highest BCUT2D eigenvalue weighted by Crippen LogP contribution is 2.31. The highest BCUT2D eigenvalue weighted by molar-refractivity contribution is 7.11. The molecular formula is C18H23N3O2S. The molecule has 1 saturated heterocycles. The molecule has 0 bridgehead atoms. The van der Waals surface area contributed by atoms with Gasteiger partial charge in [0.1, 0.15) is 5.75 Å². The van der Waals surface area contributed by atoms with Gasteiger partial charge >= 0.3 is 0 Å². The van der Waals surface area contributed by atoms with E-state index in [9.17, 15) is 4.79 Å². The molecule has 6 heteroatoms. The summed E-state index contributed by atoms with van der Waals surface area (Å²) in [6, 6.07) is 7.62. The molecule has 1 aromatic carbocycles. The fraction of sp³-hybridized carbons (Fsp3) is 0.444. The zero-order valence-corrected chi connectivity index (χ0v) is 15.1. The van der Waals surface area contributed by atoms with E-state index >= 15 is 0 Å². The lowest BCUT2D eigenvalue weighted by Gasteiger charge is -2.34. The van der Waals surface area contributed by atoms with E-state index in [0.717, 1.165) is 40.7 Å². The number of hydrogen-bond donors (Lipinski definition) is 1. The van der Waals surface area contributed by atoms with Crippen molar-refractivity contribution in [3.8, 4) is 5.75 Å². The van der Waals surface area contributed by atoms with E-state index in [0.29, 0.717) is 0 Å². The van der Waals surface area contributed by atoms with Gasteiger partial charge in [0.2, 0.25) is 5.91 Å². The van der Waals surface area contributed by atoms with Gasteiger partial charge in [-0.15, -0.1) is 11.3 Å². The van der Waals surface area contributed by atoms with E-state index in [-0.39, 0.29) is 18.0 Å². The van der Waals surface area contributed by atoms with Crippen molar-refractivity contribution < 1.29 is 9.53 Å². The lowest BCUT2D eigenvalue weighted by atomic mass is 10.0. The largest absolute Gasteiger partial charge is 0.495 e. The first-order chi connectivity index (χ1) is 11.6. The molecule has 0 aliphatic carbocycles. The number of carbonyl (C=O) groups is 1. The SMILES string of the molecule is COc1ccccc1N1CCCC(NC(C)c2cnc(C)s2)C1=O. The predicted octanol–water partition coefficient (Wildman–Crippen LogP) is 3.31. The van der Waals surface area contributed by atoms with Crippen LogP contribution in [-0.4, -0.2) is 30.6 Å². The Balaban J connectivity index is 1.75. The van der Waals surface area contributed by atoms with E-state index in [4.69, 9.17) is 4.74 Å². The van der Waals surface area contributed by atoms with Crippen LogP contribution in [0.5, 0.6) is 5.75 Å². The number of methoxy groups -OCH3 is 1. The number of nitrogens with zero attached hydrogens (tertiary/aromatic N) is 2. The Labute approximate surface area is 146 Å². The number of aryl methyl sites for hydroxylation is 1. The van der Waals surface area contributed by atoms with Gasteiger partial charge in [-0.2, -0.15) is 0 Å². The van der Waals surface area contributed by atoms with Crippen molar-refractivity contribution in [1.29, 1.82) is 0 Å². The van der Waals surface area contributed by atoms with Gasteiger partial charge in [0.05, 0.1) is 23.8 Å². The Hall–Kier alpha value is -1.92. The molecule has 5 nitrogen and oxygen atoms in total. The Morgan fingerprint density at radius 1 is 1.42 bits per heavy atom. The molecule has 1 aliphatic rings. The van der Waals surface area contributed by atoms with Gasteiger partial charge in [0.15, 0.2) is 0 Å². The number of piperidine rings is 1. The number of anilines is 1. The number of rotatable bonds is 5.